The molecule has 0 aromatic carbocycles. The zero-order valence-electron chi connectivity index (χ0n) is 7.57. The van der Waals surface area contributed by atoms with E-state index in [0.29, 0.717) is 23.6 Å². The summed E-state index contributed by atoms with van der Waals surface area (Å²) in [5.41, 5.74) is -0.229. The monoisotopic (exact) mass is 225 g/mol. The van der Waals surface area contributed by atoms with Crippen LogP contribution in [0.4, 0.5) is 5.69 Å². The Bertz CT molecular complexity index is 474. The van der Waals surface area contributed by atoms with Crippen molar-refractivity contribution in [3.05, 3.63) is 10.9 Å². The minimum atomic E-state index is -1.00. The molecule has 2 heterocycles. The van der Waals surface area contributed by atoms with Gasteiger partial charge in [0.05, 0.1) is 5.69 Å². The number of nitrogens with one attached hydrogen (secondary N) is 1. The second-order valence-corrected chi connectivity index (χ2v) is 4.68. The van der Waals surface area contributed by atoms with Crippen molar-refractivity contribution in [2.75, 3.05) is 5.32 Å². The molecule has 0 bridgehead atoms. The highest BCUT2D eigenvalue weighted by atomic mass is 32.1. The Kier molecular flexibility index (Phi) is 1.46. The Balaban J connectivity index is 2.02. The van der Waals surface area contributed by atoms with Crippen molar-refractivity contribution < 1.29 is 19.4 Å². The number of anilines is 1. The third-order valence-corrected chi connectivity index (χ3v) is 3.56. The van der Waals surface area contributed by atoms with Gasteiger partial charge in [-0.2, -0.15) is 0 Å². The smallest absolute Gasteiger partial charge is 0.346 e. The van der Waals surface area contributed by atoms with Gasteiger partial charge in [-0.3, -0.25) is 4.79 Å². The number of carboxylic acid groups (broad SMARTS) is 1. The molecule has 6 heteroatoms. The summed E-state index contributed by atoms with van der Waals surface area (Å²) in [4.78, 5) is 22.4. The molecule has 1 aromatic rings. The molecule has 0 unspecified atom stereocenters. The Hall–Kier alpha value is -1.56. The minimum absolute atomic E-state index is 0.162. The lowest BCUT2D eigenvalue weighted by atomic mass is 10.2. The summed E-state index contributed by atoms with van der Waals surface area (Å²) in [6.07, 6.45) is 1.41. The molecule has 1 fully saturated rings. The van der Waals surface area contributed by atoms with E-state index in [0.717, 1.165) is 11.3 Å². The number of carboxylic acids is 1. The molecule has 1 amide bonds. The predicted molar refractivity (Wildman–Crippen MR) is 52.5 cm³/mol. The number of thiophene rings is 1. The first-order valence-electron chi connectivity index (χ1n) is 4.48. The Morgan fingerprint density at radius 2 is 2.33 bits per heavy atom. The number of hydrogen-bond donors (Lipinski definition) is 2. The largest absolute Gasteiger partial charge is 0.477 e. The number of ether oxygens (including phenoxy) is 1. The van der Waals surface area contributed by atoms with Crippen molar-refractivity contribution in [3.8, 4) is 5.06 Å². The van der Waals surface area contributed by atoms with E-state index < -0.39 is 11.6 Å². The highest BCUT2D eigenvalue weighted by molar-refractivity contribution is 7.16. The average molecular weight is 225 g/mol. The van der Waals surface area contributed by atoms with Gasteiger partial charge in [-0.15, -0.1) is 0 Å². The topological polar surface area (TPSA) is 75.6 Å². The van der Waals surface area contributed by atoms with E-state index in [2.05, 4.69) is 5.32 Å². The van der Waals surface area contributed by atoms with Crippen LogP contribution in [0.2, 0.25) is 0 Å². The molecule has 78 valence electrons. The van der Waals surface area contributed by atoms with E-state index in [1.54, 1.807) is 0 Å². The normalized spacial score (nSPS) is 20.4. The van der Waals surface area contributed by atoms with Crippen molar-refractivity contribution >= 4 is 28.9 Å². The molecular formula is C9H7NO4S. The van der Waals surface area contributed by atoms with E-state index in [-0.39, 0.29) is 10.8 Å². The lowest BCUT2D eigenvalue weighted by Gasteiger charge is -2.22. The highest BCUT2D eigenvalue weighted by Crippen LogP contribution is 2.49. The van der Waals surface area contributed by atoms with Crippen LogP contribution in [-0.4, -0.2) is 22.6 Å². The fourth-order valence-electron chi connectivity index (χ4n) is 1.55. The van der Waals surface area contributed by atoms with Gasteiger partial charge >= 0.3 is 5.97 Å². The summed E-state index contributed by atoms with van der Waals surface area (Å²) in [5.74, 6) is -1.16. The van der Waals surface area contributed by atoms with Crippen LogP contribution >= 0.6 is 11.3 Å². The molecule has 0 saturated heterocycles. The SMILES string of the molecule is O=C(O)c1cc2c(s1)OC1(CC1)C(=O)N2. The van der Waals surface area contributed by atoms with Crippen LogP contribution in [0.25, 0.3) is 0 Å². The van der Waals surface area contributed by atoms with Gasteiger partial charge in [0.15, 0.2) is 10.7 Å². The molecule has 1 saturated carbocycles. The standard InChI is InChI=1S/C9H7NO4S/c11-6(12)5-3-4-7(15-5)14-9(1-2-9)8(13)10-4/h3H,1-2H2,(H,10,13)(H,11,12). The van der Waals surface area contributed by atoms with Gasteiger partial charge in [0.2, 0.25) is 0 Å². The Morgan fingerprint density at radius 3 is 2.93 bits per heavy atom. The lowest BCUT2D eigenvalue weighted by molar-refractivity contribution is -0.125. The molecule has 1 aliphatic carbocycles. The quantitative estimate of drug-likeness (QED) is 0.755. The maximum atomic E-state index is 11.5. The third kappa shape index (κ3) is 1.14. The molecule has 2 N–H and O–H groups in total. The number of hydrogen-bond acceptors (Lipinski definition) is 4. The fourth-order valence-corrected chi connectivity index (χ4v) is 2.43. The lowest BCUT2D eigenvalue weighted by Crippen LogP contribution is -2.38. The van der Waals surface area contributed by atoms with Crippen molar-refractivity contribution in [1.29, 1.82) is 0 Å². The molecule has 2 aliphatic rings. The van der Waals surface area contributed by atoms with Crippen molar-refractivity contribution in [2.45, 2.75) is 18.4 Å². The van der Waals surface area contributed by atoms with Crippen molar-refractivity contribution in [1.82, 2.24) is 0 Å². The van der Waals surface area contributed by atoms with Gasteiger partial charge in [-0.05, 0) is 6.07 Å². The summed E-state index contributed by atoms with van der Waals surface area (Å²) in [7, 11) is 0. The summed E-state index contributed by atoms with van der Waals surface area (Å²) < 4.78 is 5.52. The first kappa shape index (κ1) is 8.72. The molecule has 3 rings (SSSR count). The molecule has 0 radical (unpaired) electrons. The van der Waals surface area contributed by atoms with Crippen molar-refractivity contribution in [2.24, 2.45) is 0 Å². The molecule has 15 heavy (non-hydrogen) atoms. The number of fused-ring (bicyclic) bond motifs is 1. The number of amides is 1. The summed E-state index contributed by atoms with van der Waals surface area (Å²) in [6, 6.07) is 1.43. The maximum absolute atomic E-state index is 11.5. The molecule has 1 spiro atoms. The Labute approximate surface area is 88.7 Å². The second-order valence-electron chi connectivity index (χ2n) is 3.67. The van der Waals surface area contributed by atoms with E-state index in [1.807, 2.05) is 0 Å². The van der Waals surface area contributed by atoms with Crippen LogP contribution in [0.15, 0.2) is 6.07 Å². The average Bonchev–Trinajstić information content (AvgIpc) is 2.81. The van der Waals surface area contributed by atoms with Gasteiger partial charge in [0.25, 0.3) is 5.91 Å². The van der Waals surface area contributed by atoms with Crippen LogP contribution in [-0.2, 0) is 4.79 Å². The van der Waals surface area contributed by atoms with Crippen LogP contribution in [0.1, 0.15) is 22.5 Å². The van der Waals surface area contributed by atoms with Gasteiger partial charge in [-0.25, -0.2) is 4.79 Å². The van der Waals surface area contributed by atoms with Crippen LogP contribution < -0.4 is 10.1 Å². The van der Waals surface area contributed by atoms with E-state index in [4.69, 9.17) is 9.84 Å². The zero-order valence-corrected chi connectivity index (χ0v) is 8.39. The zero-order chi connectivity index (χ0) is 10.6. The second kappa shape index (κ2) is 2.52. The van der Waals surface area contributed by atoms with Crippen molar-refractivity contribution in [3.63, 3.8) is 0 Å². The summed E-state index contributed by atoms with van der Waals surface area (Å²) in [5, 5.41) is 12.0. The fraction of sp³-hybridized carbons (Fsp3) is 0.333. The van der Waals surface area contributed by atoms with Gasteiger partial charge < -0.3 is 15.2 Å². The summed E-state index contributed by atoms with van der Waals surface area (Å²) >= 11 is 1.05. The first-order chi connectivity index (χ1) is 7.11. The first-order valence-corrected chi connectivity index (χ1v) is 5.30. The number of carbonyl (C=O) groups is 2. The predicted octanol–water partition coefficient (Wildman–Crippen LogP) is 1.31. The molecule has 1 aromatic heterocycles. The van der Waals surface area contributed by atoms with Gasteiger partial charge in [0, 0.05) is 12.8 Å². The van der Waals surface area contributed by atoms with Crippen LogP contribution in [0.3, 0.4) is 0 Å². The molecular weight excluding hydrogens is 218 g/mol. The number of carbonyl (C=O) groups excluding carboxylic acids is 1. The maximum Gasteiger partial charge on any atom is 0.346 e. The van der Waals surface area contributed by atoms with Gasteiger partial charge in [0.1, 0.15) is 4.88 Å². The van der Waals surface area contributed by atoms with Gasteiger partial charge in [-0.1, -0.05) is 11.3 Å². The van der Waals surface area contributed by atoms with E-state index >= 15 is 0 Å². The van der Waals surface area contributed by atoms with E-state index in [1.165, 1.54) is 6.07 Å². The minimum Gasteiger partial charge on any atom is -0.477 e. The highest BCUT2D eigenvalue weighted by Gasteiger charge is 2.55. The van der Waals surface area contributed by atoms with Crippen LogP contribution in [0.5, 0.6) is 5.06 Å². The third-order valence-electron chi connectivity index (χ3n) is 2.56. The summed E-state index contributed by atoms with van der Waals surface area (Å²) in [6.45, 7) is 0. The number of aromatic carboxylic acids is 1. The Morgan fingerprint density at radius 1 is 1.60 bits per heavy atom. The molecule has 5 nitrogen and oxygen atoms in total. The molecule has 0 atom stereocenters. The number of rotatable bonds is 1. The van der Waals surface area contributed by atoms with E-state index in [9.17, 15) is 9.59 Å². The van der Waals surface area contributed by atoms with Crippen LogP contribution in [0, 0.1) is 0 Å². The molecule has 1 aliphatic heterocycles.